The van der Waals surface area contributed by atoms with Crippen LogP contribution in [0.1, 0.15) is 31.4 Å². The normalized spacial score (nSPS) is 26.2. The number of fused-ring (bicyclic) bond motifs is 2. The molecule has 5 nitrogen and oxygen atoms in total. The molecule has 1 aliphatic carbocycles. The molecule has 2 N–H and O–H groups in total. The summed E-state index contributed by atoms with van der Waals surface area (Å²) in [5.41, 5.74) is 0.764. The number of nitrogens with one attached hydrogen (secondary N) is 2. The van der Waals surface area contributed by atoms with E-state index in [4.69, 9.17) is 0 Å². The van der Waals surface area contributed by atoms with Crippen LogP contribution < -0.4 is 10.6 Å². The Morgan fingerprint density at radius 3 is 3.17 bits per heavy atom. The smallest absolute Gasteiger partial charge is 0.228 e. The first-order valence-corrected chi connectivity index (χ1v) is 8.56. The summed E-state index contributed by atoms with van der Waals surface area (Å²) in [6.07, 6.45) is 8.63. The molecule has 4 rings (SSSR count). The molecule has 2 atom stereocenters. The second kappa shape index (κ2) is 7.38. The highest BCUT2D eigenvalue weighted by atomic mass is 35.5. The predicted octanol–water partition coefficient (Wildman–Crippen LogP) is 2.64. The quantitative estimate of drug-likeness (QED) is 0.865. The minimum absolute atomic E-state index is 0. The number of halogens is 2. The Kier molecular flexibility index (Phi) is 5.94. The molecule has 2 aromatic heterocycles. The predicted molar refractivity (Wildman–Crippen MR) is 96.7 cm³/mol. The van der Waals surface area contributed by atoms with Crippen LogP contribution in [-0.4, -0.2) is 28.4 Å². The van der Waals surface area contributed by atoms with Crippen LogP contribution in [0.2, 0.25) is 0 Å². The summed E-state index contributed by atoms with van der Waals surface area (Å²) in [5, 5.41) is 8.57. The lowest BCUT2D eigenvalue weighted by Gasteiger charge is -2.37. The van der Waals surface area contributed by atoms with Crippen LogP contribution in [0.25, 0.3) is 4.96 Å². The van der Waals surface area contributed by atoms with E-state index < -0.39 is 0 Å². The Balaban J connectivity index is 0.000000960. The first-order chi connectivity index (χ1) is 10.3. The summed E-state index contributed by atoms with van der Waals surface area (Å²) in [6, 6.07) is 0. The summed E-state index contributed by atoms with van der Waals surface area (Å²) >= 11 is 1.61. The van der Waals surface area contributed by atoms with Crippen LogP contribution in [0.4, 0.5) is 0 Å². The Labute approximate surface area is 152 Å². The van der Waals surface area contributed by atoms with Crippen LogP contribution >= 0.6 is 36.2 Å². The van der Waals surface area contributed by atoms with Crippen molar-refractivity contribution in [2.45, 2.75) is 32.2 Å². The second-order valence-electron chi connectivity index (χ2n) is 6.24. The summed E-state index contributed by atoms with van der Waals surface area (Å²) in [5.74, 6) is 0.727. The van der Waals surface area contributed by atoms with Gasteiger partial charge < -0.3 is 10.6 Å². The van der Waals surface area contributed by atoms with E-state index in [1.54, 1.807) is 11.3 Å². The van der Waals surface area contributed by atoms with E-state index in [0.29, 0.717) is 12.5 Å². The molecule has 0 aromatic carbocycles. The highest BCUT2D eigenvalue weighted by Crippen LogP contribution is 2.43. The maximum atomic E-state index is 12.7. The number of carbonyl (C=O) groups is 1. The van der Waals surface area contributed by atoms with E-state index in [0.717, 1.165) is 30.2 Å². The fraction of sp³-hybridized carbons (Fsp3) is 0.600. The zero-order valence-electron chi connectivity index (χ0n) is 12.8. The van der Waals surface area contributed by atoms with E-state index in [1.807, 2.05) is 22.2 Å². The number of imidazole rings is 1. The average Bonchev–Trinajstić information content (AvgIpc) is 3.18. The van der Waals surface area contributed by atoms with Gasteiger partial charge in [-0.3, -0.25) is 9.20 Å². The second-order valence-corrected chi connectivity index (χ2v) is 7.11. The Bertz CT molecular complexity index is 645. The van der Waals surface area contributed by atoms with Gasteiger partial charge in [-0.1, -0.05) is 12.8 Å². The van der Waals surface area contributed by atoms with Gasteiger partial charge in [0.2, 0.25) is 5.91 Å². The number of hydrogen-bond donors (Lipinski definition) is 2. The van der Waals surface area contributed by atoms with Gasteiger partial charge in [0, 0.05) is 24.3 Å². The third-order valence-electron chi connectivity index (χ3n) is 5.06. The lowest BCUT2D eigenvalue weighted by Crippen LogP contribution is -2.47. The molecule has 1 saturated carbocycles. The summed E-state index contributed by atoms with van der Waals surface area (Å²) in [7, 11) is 0. The molecular formula is C15H22Cl2N4OS. The summed E-state index contributed by atoms with van der Waals surface area (Å²) in [4.78, 5) is 18.3. The highest BCUT2D eigenvalue weighted by Gasteiger charge is 2.49. The molecule has 2 fully saturated rings. The van der Waals surface area contributed by atoms with Crippen LogP contribution in [-0.2, 0) is 11.3 Å². The van der Waals surface area contributed by atoms with Crippen molar-refractivity contribution in [1.82, 2.24) is 20.0 Å². The highest BCUT2D eigenvalue weighted by molar-refractivity contribution is 7.15. The molecule has 8 heteroatoms. The summed E-state index contributed by atoms with van der Waals surface area (Å²) in [6.45, 7) is 2.36. The molecule has 0 unspecified atom stereocenters. The third-order valence-corrected chi connectivity index (χ3v) is 5.83. The minimum atomic E-state index is -0.171. The molecule has 23 heavy (non-hydrogen) atoms. The van der Waals surface area contributed by atoms with Gasteiger partial charge in [0.25, 0.3) is 0 Å². The standard InChI is InChI=1S/C15H20N4OS.2ClH/c20-13(15-4-2-1-3-11(15)7-16-10-15)17-8-12-9-19-5-6-21-14(19)18-12;;/h5-6,9,11,16H,1-4,7-8,10H2,(H,17,20);2*1H/t11-,15+;;/m0../s1. The van der Waals surface area contributed by atoms with Gasteiger partial charge in [-0.2, -0.15) is 0 Å². The molecule has 0 radical (unpaired) electrons. The fourth-order valence-electron chi connectivity index (χ4n) is 3.90. The Morgan fingerprint density at radius 1 is 1.48 bits per heavy atom. The van der Waals surface area contributed by atoms with Gasteiger partial charge >= 0.3 is 0 Å². The lowest BCUT2D eigenvalue weighted by atomic mass is 9.67. The third kappa shape index (κ3) is 3.22. The SMILES string of the molecule is Cl.Cl.O=C(NCc1cn2ccsc2n1)[C@@]12CCCC[C@H]1CNC2. The van der Waals surface area contributed by atoms with Crippen molar-refractivity contribution in [2.24, 2.45) is 11.3 Å². The molecule has 2 aliphatic rings. The molecule has 0 bridgehead atoms. The number of rotatable bonds is 3. The van der Waals surface area contributed by atoms with E-state index in [2.05, 4.69) is 15.6 Å². The molecule has 1 aliphatic heterocycles. The number of hydrogen-bond acceptors (Lipinski definition) is 4. The molecule has 0 spiro atoms. The van der Waals surface area contributed by atoms with Crippen LogP contribution in [0.3, 0.4) is 0 Å². The zero-order valence-corrected chi connectivity index (χ0v) is 15.2. The van der Waals surface area contributed by atoms with Crippen LogP contribution in [0.5, 0.6) is 0 Å². The topological polar surface area (TPSA) is 58.4 Å². The largest absolute Gasteiger partial charge is 0.350 e. The van der Waals surface area contributed by atoms with Gasteiger partial charge in [0.1, 0.15) is 0 Å². The number of amides is 1. The minimum Gasteiger partial charge on any atom is -0.350 e. The number of nitrogens with zero attached hydrogens (tertiary/aromatic N) is 2. The molecule has 2 aromatic rings. The van der Waals surface area contributed by atoms with Crippen molar-refractivity contribution in [1.29, 1.82) is 0 Å². The molecule has 128 valence electrons. The molecule has 3 heterocycles. The Morgan fingerprint density at radius 2 is 2.35 bits per heavy atom. The van der Waals surface area contributed by atoms with Crippen molar-refractivity contribution in [3.8, 4) is 0 Å². The molecule has 1 amide bonds. The van der Waals surface area contributed by atoms with Gasteiger partial charge in [0.15, 0.2) is 4.96 Å². The number of thiazole rings is 1. The maximum absolute atomic E-state index is 12.7. The van der Waals surface area contributed by atoms with Crippen molar-refractivity contribution < 1.29 is 4.79 Å². The lowest BCUT2D eigenvalue weighted by molar-refractivity contribution is -0.134. The van der Waals surface area contributed by atoms with Crippen molar-refractivity contribution >= 4 is 47.0 Å². The van der Waals surface area contributed by atoms with Crippen LogP contribution in [0, 0.1) is 11.3 Å². The van der Waals surface area contributed by atoms with E-state index in [9.17, 15) is 4.79 Å². The van der Waals surface area contributed by atoms with E-state index in [1.165, 1.54) is 19.3 Å². The van der Waals surface area contributed by atoms with Crippen molar-refractivity contribution in [3.63, 3.8) is 0 Å². The molecule has 1 saturated heterocycles. The first kappa shape index (κ1) is 18.5. The van der Waals surface area contributed by atoms with Gasteiger partial charge in [0.05, 0.1) is 17.7 Å². The maximum Gasteiger partial charge on any atom is 0.228 e. The van der Waals surface area contributed by atoms with Gasteiger partial charge in [-0.15, -0.1) is 36.2 Å². The average molecular weight is 377 g/mol. The van der Waals surface area contributed by atoms with Gasteiger partial charge in [-0.05, 0) is 25.3 Å². The first-order valence-electron chi connectivity index (χ1n) is 7.68. The van der Waals surface area contributed by atoms with Gasteiger partial charge in [-0.25, -0.2) is 4.98 Å². The summed E-state index contributed by atoms with van der Waals surface area (Å²) < 4.78 is 2.00. The number of aromatic nitrogens is 2. The van der Waals surface area contributed by atoms with E-state index >= 15 is 0 Å². The Hall–Kier alpha value is -0.820. The monoisotopic (exact) mass is 376 g/mol. The number of carbonyl (C=O) groups excluding carboxylic acids is 1. The zero-order chi connectivity index (χ0) is 14.3. The van der Waals surface area contributed by atoms with Crippen molar-refractivity contribution in [2.75, 3.05) is 13.1 Å². The fourth-order valence-corrected chi connectivity index (χ4v) is 4.62. The van der Waals surface area contributed by atoms with Crippen molar-refractivity contribution in [3.05, 3.63) is 23.5 Å². The van der Waals surface area contributed by atoms with Crippen LogP contribution in [0.15, 0.2) is 17.8 Å². The molecular weight excluding hydrogens is 355 g/mol. The van der Waals surface area contributed by atoms with E-state index in [-0.39, 0.29) is 36.1 Å².